The molecule has 0 aliphatic carbocycles. The van der Waals surface area contributed by atoms with Crippen molar-refractivity contribution in [2.75, 3.05) is 7.11 Å². The molecule has 0 aliphatic heterocycles. The number of hydrogen-bond donors (Lipinski definition) is 1. The van der Waals surface area contributed by atoms with E-state index < -0.39 is 12.0 Å². The van der Waals surface area contributed by atoms with Crippen molar-refractivity contribution < 1.29 is 9.53 Å². The van der Waals surface area contributed by atoms with Crippen molar-refractivity contribution in [3.63, 3.8) is 0 Å². The average molecular weight is 255 g/mol. The molecule has 17 heavy (non-hydrogen) atoms. The van der Waals surface area contributed by atoms with Gasteiger partial charge in [-0.3, -0.25) is 4.79 Å². The summed E-state index contributed by atoms with van der Waals surface area (Å²) in [7, 11) is 3.27. The van der Waals surface area contributed by atoms with Gasteiger partial charge in [0.05, 0.1) is 7.11 Å². The van der Waals surface area contributed by atoms with E-state index in [9.17, 15) is 4.79 Å². The molecule has 0 amide bonds. The van der Waals surface area contributed by atoms with Crippen LogP contribution in [0.25, 0.3) is 10.9 Å². The Labute approximate surface area is 106 Å². The summed E-state index contributed by atoms with van der Waals surface area (Å²) in [6, 6.07) is 7.10. The van der Waals surface area contributed by atoms with Gasteiger partial charge in [0, 0.05) is 29.7 Å². The molecule has 0 radical (unpaired) electrons. The quantitative estimate of drug-likeness (QED) is 0.831. The number of ether oxygens (including phenoxy) is 1. The number of carbonyl (C=O) groups excluding carboxylic acids is 1. The SMILES string of the molecule is COC(=O)[C@@H](N)c1cn(C)c2ccccc12.Cl. The number of carbonyl (C=O) groups is 1. The lowest BCUT2D eigenvalue weighted by Crippen LogP contribution is -2.22. The minimum Gasteiger partial charge on any atom is -0.468 e. The highest BCUT2D eigenvalue weighted by molar-refractivity contribution is 5.90. The Hall–Kier alpha value is -1.52. The third kappa shape index (κ3) is 2.28. The van der Waals surface area contributed by atoms with Gasteiger partial charge < -0.3 is 15.0 Å². The van der Waals surface area contributed by atoms with Gasteiger partial charge in [0.2, 0.25) is 0 Å². The molecule has 92 valence electrons. The summed E-state index contributed by atoms with van der Waals surface area (Å²) in [5, 5.41) is 0.989. The van der Waals surface area contributed by atoms with Crippen molar-refractivity contribution in [2.24, 2.45) is 12.8 Å². The lowest BCUT2D eigenvalue weighted by molar-refractivity contribution is -0.142. The second-order valence-corrected chi connectivity index (χ2v) is 3.71. The van der Waals surface area contributed by atoms with Gasteiger partial charge in [0.1, 0.15) is 6.04 Å². The number of rotatable bonds is 2. The molecule has 2 rings (SSSR count). The van der Waals surface area contributed by atoms with Crippen LogP contribution in [-0.2, 0) is 16.6 Å². The standard InChI is InChI=1S/C12H14N2O2.ClH/c1-14-7-9(11(13)12(15)16-2)8-5-3-4-6-10(8)14;/h3-7,11H,13H2,1-2H3;1H/t11-;/m0./s1. The fourth-order valence-corrected chi connectivity index (χ4v) is 1.87. The average Bonchev–Trinajstić information content (AvgIpc) is 2.65. The first-order chi connectivity index (χ1) is 7.65. The number of para-hydroxylation sites is 1. The van der Waals surface area contributed by atoms with E-state index in [1.165, 1.54) is 7.11 Å². The molecule has 0 aliphatic rings. The zero-order valence-corrected chi connectivity index (χ0v) is 10.5. The first-order valence-corrected chi connectivity index (χ1v) is 5.02. The van der Waals surface area contributed by atoms with E-state index in [1.54, 1.807) is 0 Å². The molecule has 1 aromatic heterocycles. The molecule has 1 aromatic carbocycles. The first-order valence-electron chi connectivity index (χ1n) is 5.02. The molecule has 0 unspecified atom stereocenters. The van der Waals surface area contributed by atoms with E-state index in [2.05, 4.69) is 4.74 Å². The second-order valence-electron chi connectivity index (χ2n) is 3.71. The minimum atomic E-state index is -0.726. The van der Waals surface area contributed by atoms with Crippen LogP contribution in [0.2, 0.25) is 0 Å². The lowest BCUT2D eigenvalue weighted by Gasteiger charge is -2.07. The van der Waals surface area contributed by atoms with Crippen molar-refractivity contribution in [1.82, 2.24) is 4.57 Å². The number of methoxy groups -OCH3 is 1. The fourth-order valence-electron chi connectivity index (χ4n) is 1.87. The van der Waals surface area contributed by atoms with E-state index in [0.29, 0.717) is 0 Å². The smallest absolute Gasteiger partial charge is 0.327 e. The summed E-state index contributed by atoms with van der Waals surface area (Å²) in [5.74, 6) is -0.420. The Morgan fingerprint density at radius 2 is 2.06 bits per heavy atom. The maximum absolute atomic E-state index is 11.4. The number of fused-ring (bicyclic) bond motifs is 1. The molecule has 2 N–H and O–H groups in total. The number of benzene rings is 1. The summed E-state index contributed by atoms with van der Waals surface area (Å²) in [6.45, 7) is 0. The number of hydrogen-bond acceptors (Lipinski definition) is 3. The lowest BCUT2D eigenvalue weighted by atomic mass is 10.1. The molecule has 0 fully saturated rings. The molecular formula is C12H15ClN2O2. The van der Waals surface area contributed by atoms with E-state index in [0.717, 1.165) is 16.5 Å². The van der Waals surface area contributed by atoms with E-state index in [-0.39, 0.29) is 12.4 Å². The van der Waals surface area contributed by atoms with Crippen LogP contribution in [0.3, 0.4) is 0 Å². The van der Waals surface area contributed by atoms with Crippen LogP contribution in [-0.4, -0.2) is 17.6 Å². The summed E-state index contributed by atoms with van der Waals surface area (Å²) in [5.41, 5.74) is 7.69. The normalized spacial score (nSPS) is 11.9. The molecule has 1 heterocycles. The van der Waals surface area contributed by atoms with Gasteiger partial charge in [-0.1, -0.05) is 18.2 Å². The predicted octanol–water partition coefficient (Wildman–Crippen LogP) is 1.77. The topological polar surface area (TPSA) is 57.2 Å². The third-order valence-electron chi connectivity index (χ3n) is 2.72. The Balaban J connectivity index is 0.00000144. The number of nitrogens with two attached hydrogens (primary N) is 1. The van der Waals surface area contributed by atoms with Gasteiger partial charge in [-0.15, -0.1) is 12.4 Å². The van der Waals surface area contributed by atoms with E-state index in [1.807, 2.05) is 42.1 Å². The molecule has 5 heteroatoms. The van der Waals surface area contributed by atoms with Crippen LogP contribution in [0.15, 0.2) is 30.5 Å². The van der Waals surface area contributed by atoms with Crippen LogP contribution in [0.5, 0.6) is 0 Å². The van der Waals surface area contributed by atoms with Gasteiger partial charge in [0.25, 0.3) is 0 Å². The number of halogens is 1. The van der Waals surface area contributed by atoms with Crippen molar-refractivity contribution in [3.8, 4) is 0 Å². The molecule has 0 spiro atoms. The summed E-state index contributed by atoms with van der Waals surface area (Å²) >= 11 is 0. The van der Waals surface area contributed by atoms with Crippen molar-refractivity contribution in [1.29, 1.82) is 0 Å². The highest BCUT2D eigenvalue weighted by atomic mass is 35.5. The summed E-state index contributed by atoms with van der Waals surface area (Å²) < 4.78 is 6.60. The second kappa shape index (κ2) is 5.21. The predicted molar refractivity (Wildman–Crippen MR) is 69.1 cm³/mol. The summed E-state index contributed by atoms with van der Waals surface area (Å²) in [6.07, 6.45) is 1.87. The number of aryl methyl sites for hydroxylation is 1. The maximum Gasteiger partial charge on any atom is 0.327 e. The number of nitrogens with zero attached hydrogens (tertiary/aromatic N) is 1. The summed E-state index contributed by atoms with van der Waals surface area (Å²) in [4.78, 5) is 11.4. The van der Waals surface area contributed by atoms with Crippen LogP contribution in [0, 0.1) is 0 Å². The molecule has 4 nitrogen and oxygen atoms in total. The maximum atomic E-state index is 11.4. The zero-order valence-electron chi connectivity index (χ0n) is 9.71. The largest absolute Gasteiger partial charge is 0.468 e. The molecule has 2 aromatic rings. The fraction of sp³-hybridized carbons (Fsp3) is 0.250. The van der Waals surface area contributed by atoms with Gasteiger partial charge in [-0.25, -0.2) is 0 Å². The Bertz CT molecular complexity index is 536. The molecule has 0 bridgehead atoms. The van der Waals surface area contributed by atoms with Crippen LogP contribution >= 0.6 is 12.4 Å². The van der Waals surface area contributed by atoms with Crippen molar-refractivity contribution >= 4 is 29.3 Å². The van der Waals surface area contributed by atoms with Crippen molar-refractivity contribution in [2.45, 2.75) is 6.04 Å². The van der Waals surface area contributed by atoms with Crippen LogP contribution in [0.1, 0.15) is 11.6 Å². The van der Waals surface area contributed by atoms with Gasteiger partial charge in [0.15, 0.2) is 0 Å². The van der Waals surface area contributed by atoms with Crippen molar-refractivity contribution in [3.05, 3.63) is 36.0 Å². The van der Waals surface area contributed by atoms with Crippen LogP contribution < -0.4 is 5.73 Å². The highest BCUT2D eigenvalue weighted by Gasteiger charge is 2.20. The Morgan fingerprint density at radius 1 is 1.41 bits per heavy atom. The Morgan fingerprint density at radius 3 is 2.71 bits per heavy atom. The molecule has 0 saturated carbocycles. The monoisotopic (exact) mass is 254 g/mol. The highest BCUT2D eigenvalue weighted by Crippen LogP contribution is 2.25. The number of esters is 1. The molecular weight excluding hydrogens is 240 g/mol. The molecule has 1 atom stereocenters. The molecule has 0 saturated heterocycles. The zero-order chi connectivity index (χ0) is 11.7. The number of aromatic nitrogens is 1. The van der Waals surface area contributed by atoms with E-state index in [4.69, 9.17) is 5.73 Å². The third-order valence-corrected chi connectivity index (χ3v) is 2.72. The van der Waals surface area contributed by atoms with Gasteiger partial charge in [-0.05, 0) is 6.07 Å². The van der Waals surface area contributed by atoms with Gasteiger partial charge in [-0.2, -0.15) is 0 Å². The Kier molecular flexibility index (Phi) is 4.15. The minimum absolute atomic E-state index is 0. The first kappa shape index (κ1) is 13.5. The van der Waals surface area contributed by atoms with Crippen LogP contribution in [0.4, 0.5) is 0 Å². The van der Waals surface area contributed by atoms with E-state index >= 15 is 0 Å². The van der Waals surface area contributed by atoms with Gasteiger partial charge >= 0.3 is 5.97 Å².